The fourth-order valence-corrected chi connectivity index (χ4v) is 3.90. The molecule has 1 saturated heterocycles. The Hall–Kier alpha value is -1.38. The van der Waals surface area contributed by atoms with Crippen LogP contribution in [0, 0.1) is 16.7 Å². The summed E-state index contributed by atoms with van der Waals surface area (Å²) < 4.78 is 5.65. The summed E-state index contributed by atoms with van der Waals surface area (Å²) in [6, 6.07) is 0. The van der Waals surface area contributed by atoms with Crippen molar-refractivity contribution in [3.05, 3.63) is 23.3 Å². The Bertz CT molecular complexity index is 538. The van der Waals surface area contributed by atoms with E-state index in [4.69, 9.17) is 4.74 Å². The molecule has 2 fully saturated rings. The molecule has 0 aromatic heterocycles. The number of esters is 1. The maximum atomic E-state index is 12.1. The van der Waals surface area contributed by atoms with Crippen LogP contribution < -0.4 is 0 Å². The molecule has 0 bridgehead atoms. The molecule has 0 N–H and O–H groups in total. The molecular formula is C16H20O3. The molecule has 3 rings (SSSR count). The van der Waals surface area contributed by atoms with Gasteiger partial charge in [-0.05, 0) is 45.3 Å². The lowest BCUT2D eigenvalue weighted by Crippen LogP contribution is -2.41. The van der Waals surface area contributed by atoms with Crippen LogP contribution >= 0.6 is 0 Å². The second kappa shape index (κ2) is 3.59. The summed E-state index contributed by atoms with van der Waals surface area (Å²) in [6.07, 6.45) is 5.39. The Labute approximate surface area is 113 Å². The number of rotatable bonds is 0. The van der Waals surface area contributed by atoms with Gasteiger partial charge in [0.2, 0.25) is 0 Å². The van der Waals surface area contributed by atoms with Gasteiger partial charge in [0, 0.05) is 16.9 Å². The Kier molecular flexibility index (Phi) is 2.39. The molecule has 0 aromatic rings. The fraction of sp³-hybridized carbons (Fsp3) is 0.625. The predicted octanol–water partition coefficient (Wildman–Crippen LogP) is 2.81. The molecule has 1 aliphatic heterocycles. The largest absolute Gasteiger partial charge is 0.457 e. The van der Waals surface area contributed by atoms with Gasteiger partial charge in [-0.15, -0.1) is 0 Å². The Morgan fingerprint density at radius 1 is 1.26 bits per heavy atom. The molecular weight excluding hydrogens is 240 g/mol. The van der Waals surface area contributed by atoms with Crippen molar-refractivity contribution in [1.29, 1.82) is 0 Å². The van der Waals surface area contributed by atoms with Gasteiger partial charge in [-0.3, -0.25) is 9.59 Å². The normalized spacial score (nSPS) is 40.0. The van der Waals surface area contributed by atoms with Crippen LogP contribution in [0.25, 0.3) is 0 Å². The summed E-state index contributed by atoms with van der Waals surface area (Å²) in [7, 11) is 0. The summed E-state index contributed by atoms with van der Waals surface area (Å²) in [5, 5.41) is 0. The van der Waals surface area contributed by atoms with Gasteiger partial charge < -0.3 is 4.74 Å². The number of hydrogen-bond donors (Lipinski definition) is 0. The lowest BCUT2D eigenvalue weighted by Gasteiger charge is -2.44. The van der Waals surface area contributed by atoms with Crippen molar-refractivity contribution < 1.29 is 14.3 Å². The number of ether oxygens (including phenoxy) is 1. The molecule has 3 aliphatic rings. The Morgan fingerprint density at radius 2 is 1.95 bits per heavy atom. The number of ketones is 1. The topological polar surface area (TPSA) is 43.4 Å². The van der Waals surface area contributed by atoms with Crippen LogP contribution in [0.4, 0.5) is 0 Å². The van der Waals surface area contributed by atoms with Crippen LogP contribution in [0.1, 0.15) is 40.5 Å². The van der Waals surface area contributed by atoms with Gasteiger partial charge in [-0.25, -0.2) is 0 Å². The third kappa shape index (κ3) is 1.50. The van der Waals surface area contributed by atoms with Crippen molar-refractivity contribution in [3.63, 3.8) is 0 Å². The van der Waals surface area contributed by atoms with Gasteiger partial charge in [0.25, 0.3) is 0 Å². The van der Waals surface area contributed by atoms with Crippen molar-refractivity contribution in [2.45, 2.75) is 46.6 Å². The quantitative estimate of drug-likeness (QED) is 0.629. The van der Waals surface area contributed by atoms with Crippen molar-refractivity contribution in [2.75, 3.05) is 0 Å². The number of carbonyl (C=O) groups excluding carboxylic acids is 2. The monoisotopic (exact) mass is 260 g/mol. The molecule has 1 saturated carbocycles. The van der Waals surface area contributed by atoms with E-state index in [9.17, 15) is 9.59 Å². The second-order valence-electron chi connectivity index (χ2n) is 6.85. The van der Waals surface area contributed by atoms with Gasteiger partial charge >= 0.3 is 5.97 Å². The number of fused-ring (bicyclic) bond motifs is 3. The zero-order chi connectivity index (χ0) is 14.0. The summed E-state index contributed by atoms with van der Waals surface area (Å²) >= 11 is 0. The van der Waals surface area contributed by atoms with Crippen LogP contribution in [0.3, 0.4) is 0 Å². The molecule has 1 heterocycles. The minimum Gasteiger partial charge on any atom is -0.457 e. The van der Waals surface area contributed by atoms with Crippen LogP contribution in [-0.4, -0.2) is 17.9 Å². The SMILES string of the molecule is CC1=C2[C@H]3OC(=O)C(C)(C)[C@@H]3CC[C@@]2(C)C=CC1=O. The van der Waals surface area contributed by atoms with Gasteiger partial charge in [-0.2, -0.15) is 0 Å². The highest BCUT2D eigenvalue weighted by Crippen LogP contribution is 2.56. The second-order valence-corrected chi connectivity index (χ2v) is 6.85. The maximum absolute atomic E-state index is 12.1. The summed E-state index contributed by atoms with van der Waals surface area (Å²) in [5.74, 6) is 0.111. The van der Waals surface area contributed by atoms with Crippen LogP contribution in [0.15, 0.2) is 23.3 Å². The Morgan fingerprint density at radius 3 is 2.63 bits per heavy atom. The zero-order valence-electron chi connectivity index (χ0n) is 11.9. The van der Waals surface area contributed by atoms with Crippen molar-refractivity contribution in [3.8, 4) is 0 Å². The maximum Gasteiger partial charge on any atom is 0.312 e. The first kappa shape index (κ1) is 12.6. The fourth-order valence-electron chi connectivity index (χ4n) is 3.90. The summed E-state index contributed by atoms with van der Waals surface area (Å²) in [6.45, 7) is 7.92. The van der Waals surface area contributed by atoms with E-state index in [1.165, 1.54) is 0 Å². The molecule has 102 valence electrons. The van der Waals surface area contributed by atoms with E-state index in [-0.39, 0.29) is 29.2 Å². The Balaban J connectivity index is 2.12. The first-order chi connectivity index (χ1) is 8.77. The molecule has 19 heavy (non-hydrogen) atoms. The minimum absolute atomic E-state index is 0.0499. The summed E-state index contributed by atoms with van der Waals surface area (Å²) in [4.78, 5) is 24.0. The lowest BCUT2D eigenvalue weighted by atomic mass is 9.59. The van der Waals surface area contributed by atoms with E-state index >= 15 is 0 Å². The van der Waals surface area contributed by atoms with E-state index in [1.54, 1.807) is 6.08 Å². The molecule has 3 nitrogen and oxygen atoms in total. The predicted molar refractivity (Wildman–Crippen MR) is 71.3 cm³/mol. The molecule has 0 radical (unpaired) electrons. The molecule has 0 aromatic carbocycles. The van der Waals surface area contributed by atoms with Crippen LogP contribution in [0.5, 0.6) is 0 Å². The third-order valence-electron chi connectivity index (χ3n) is 5.30. The molecule has 0 amide bonds. The molecule has 2 aliphatic carbocycles. The van der Waals surface area contributed by atoms with Crippen molar-refractivity contribution in [2.24, 2.45) is 16.7 Å². The standard InChI is InChI=1S/C16H20O3/c1-9-11(17)6-8-16(4)7-5-10-13(12(9)16)19-14(18)15(10,2)3/h6,8,10,13H,5,7H2,1-4H3/t10-,13+,16+/m1/s1. The van der Waals surface area contributed by atoms with Crippen molar-refractivity contribution in [1.82, 2.24) is 0 Å². The van der Waals surface area contributed by atoms with Crippen LogP contribution in [0.2, 0.25) is 0 Å². The molecule has 3 heteroatoms. The highest BCUT2D eigenvalue weighted by atomic mass is 16.6. The first-order valence-electron chi connectivity index (χ1n) is 6.93. The van der Waals surface area contributed by atoms with Crippen LogP contribution in [-0.2, 0) is 14.3 Å². The van der Waals surface area contributed by atoms with E-state index in [0.717, 1.165) is 24.0 Å². The van der Waals surface area contributed by atoms with E-state index < -0.39 is 5.41 Å². The molecule has 0 unspecified atom stereocenters. The van der Waals surface area contributed by atoms with Gasteiger partial charge in [0.05, 0.1) is 5.41 Å². The number of allylic oxidation sites excluding steroid dienone is 3. The smallest absolute Gasteiger partial charge is 0.312 e. The van der Waals surface area contributed by atoms with Crippen molar-refractivity contribution >= 4 is 11.8 Å². The zero-order valence-corrected chi connectivity index (χ0v) is 11.9. The van der Waals surface area contributed by atoms with Gasteiger partial charge in [0.1, 0.15) is 6.10 Å². The van der Waals surface area contributed by atoms with Gasteiger partial charge in [0.15, 0.2) is 5.78 Å². The average molecular weight is 260 g/mol. The lowest BCUT2D eigenvalue weighted by molar-refractivity contribution is -0.146. The first-order valence-corrected chi connectivity index (χ1v) is 6.93. The molecule has 3 atom stereocenters. The van der Waals surface area contributed by atoms with Gasteiger partial charge in [-0.1, -0.05) is 13.0 Å². The number of hydrogen-bond acceptors (Lipinski definition) is 3. The van der Waals surface area contributed by atoms with E-state index in [2.05, 4.69) is 6.92 Å². The highest BCUT2D eigenvalue weighted by molar-refractivity contribution is 6.05. The van der Waals surface area contributed by atoms with E-state index in [0.29, 0.717) is 0 Å². The summed E-state index contributed by atoms with van der Waals surface area (Å²) in [5.41, 5.74) is 1.24. The molecule has 0 spiro atoms. The average Bonchev–Trinajstić information content (AvgIpc) is 2.55. The minimum atomic E-state index is -0.441. The van der Waals surface area contributed by atoms with E-state index in [1.807, 2.05) is 26.8 Å². The number of carbonyl (C=O) groups is 2. The third-order valence-corrected chi connectivity index (χ3v) is 5.30. The highest BCUT2D eigenvalue weighted by Gasteiger charge is 2.57.